The first-order chi connectivity index (χ1) is 11.6. The standard InChI is InChI=1S/C18H27ClN4O/c1-4-15-6-7-16(24-15)12-22-8-5-9-23(11-10-22)13-17-14(2)20-21(3)18(17)19/h6-7H,4-5,8-13H2,1-3H3. The molecule has 1 saturated heterocycles. The van der Waals surface area contributed by atoms with E-state index >= 15 is 0 Å². The third-order valence-electron chi connectivity index (χ3n) is 4.78. The molecular formula is C18H27ClN4O. The van der Waals surface area contributed by atoms with Crippen LogP contribution in [0.5, 0.6) is 0 Å². The summed E-state index contributed by atoms with van der Waals surface area (Å²) >= 11 is 6.38. The van der Waals surface area contributed by atoms with Crippen LogP contribution >= 0.6 is 11.6 Å². The monoisotopic (exact) mass is 350 g/mol. The maximum absolute atomic E-state index is 6.38. The van der Waals surface area contributed by atoms with Gasteiger partial charge in [0.25, 0.3) is 0 Å². The highest BCUT2D eigenvalue weighted by Gasteiger charge is 2.19. The molecule has 3 rings (SSSR count). The lowest BCUT2D eigenvalue weighted by molar-refractivity contribution is 0.233. The molecular weight excluding hydrogens is 324 g/mol. The van der Waals surface area contributed by atoms with Gasteiger partial charge >= 0.3 is 0 Å². The minimum atomic E-state index is 0.760. The second-order valence-electron chi connectivity index (χ2n) is 6.61. The Morgan fingerprint density at radius 3 is 2.33 bits per heavy atom. The van der Waals surface area contributed by atoms with E-state index in [1.165, 1.54) is 0 Å². The van der Waals surface area contributed by atoms with Gasteiger partial charge in [0.1, 0.15) is 16.7 Å². The fourth-order valence-corrected chi connectivity index (χ4v) is 3.57. The molecule has 0 atom stereocenters. The van der Waals surface area contributed by atoms with Gasteiger partial charge in [0.05, 0.1) is 12.2 Å². The van der Waals surface area contributed by atoms with E-state index in [-0.39, 0.29) is 0 Å². The van der Waals surface area contributed by atoms with Crippen molar-refractivity contribution >= 4 is 11.6 Å². The van der Waals surface area contributed by atoms with Crippen molar-refractivity contribution in [3.8, 4) is 0 Å². The first-order valence-electron chi connectivity index (χ1n) is 8.77. The molecule has 2 aromatic heterocycles. The summed E-state index contributed by atoms with van der Waals surface area (Å²) in [7, 11) is 1.90. The summed E-state index contributed by atoms with van der Waals surface area (Å²) in [5.74, 6) is 2.15. The van der Waals surface area contributed by atoms with Crippen LogP contribution in [0.3, 0.4) is 0 Å². The van der Waals surface area contributed by atoms with Crippen LogP contribution in [0.1, 0.15) is 36.1 Å². The SMILES string of the molecule is CCc1ccc(CN2CCCN(Cc3c(C)nn(C)c3Cl)CC2)o1. The van der Waals surface area contributed by atoms with Crippen molar-refractivity contribution in [1.29, 1.82) is 0 Å². The minimum Gasteiger partial charge on any atom is -0.465 e. The second-order valence-corrected chi connectivity index (χ2v) is 6.96. The summed E-state index contributed by atoms with van der Waals surface area (Å²) < 4.78 is 7.61. The molecule has 0 aliphatic carbocycles. The van der Waals surface area contributed by atoms with Crippen molar-refractivity contribution in [1.82, 2.24) is 19.6 Å². The molecule has 1 aliphatic rings. The zero-order valence-corrected chi connectivity index (χ0v) is 15.6. The van der Waals surface area contributed by atoms with Gasteiger partial charge in [0, 0.05) is 38.7 Å². The highest BCUT2D eigenvalue weighted by atomic mass is 35.5. The number of hydrogen-bond acceptors (Lipinski definition) is 4. The predicted octanol–water partition coefficient (Wildman–Crippen LogP) is 3.25. The lowest BCUT2D eigenvalue weighted by atomic mass is 10.2. The predicted molar refractivity (Wildman–Crippen MR) is 96.2 cm³/mol. The fraction of sp³-hybridized carbons (Fsp3) is 0.611. The molecule has 0 spiro atoms. The Bertz CT molecular complexity index is 679. The molecule has 6 heteroatoms. The molecule has 0 bridgehead atoms. The molecule has 1 aliphatic heterocycles. The van der Waals surface area contributed by atoms with Crippen molar-refractivity contribution in [3.63, 3.8) is 0 Å². The van der Waals surface area contributed by atoms with Crippen LogP contribution in [-0.4, -0.2) is 45.8 Å². The Morgan fingerprint density at radius 1 is 1.08 bits per heavy atom. The number of aromatic nitrogens is 2. The van der Waals surface area contributed by atoms with Crippen LogP contribution in [0, 0.1) is 6.92 Å². The number of halogens is 1. The van der Waals surface area contributed by atoms with Gasteiger partial charge in [-0.2, -0.15) is 5.10 Å². The van der Waals surface area contributed by atoms with Gasteiger partial charge in [-0.25, -0.2) is 0 Å². The molecule has 0 N–H and O–H groups in total. The maximum atomic E-state index is 6.38. The van der Waals surface area contributed by atoms with E-state index in [0.717, 1.165) is 80.0 Å². The topological polar surface area (TPSA) is 37.4 Å². The van der Waals surface area contributed by atoms with Gasteiger partial charge in [-0.15, -0.1) is 0 Å². The van der Waals surface area contributed by atoms with Gasteiger partial charge in [-0.3, -0.25) is 14.5 Å². The molecule has 0 unspecified atom stereocenters. The molecule has 132 valence electrons. The highest BCUT2D eigenvalue weighted by molar-refractivity contribution is 6.30. The average molecular weight is 351 g/mol. The third kappa shape index (κ3) is 4.02. The fourth-order valence-electron chi connectivity index (χ4n) is 3.34. The van der Waals surface area contributed by atoms with Crippen molar-refractivity contribution in [3.05, 3.63) is 40.1 Å². The van der Waals surface area contributed by atoms with Crippen molar-refractivity contribution < 1.29 is 4.42 Å². The van der Waals surface area contributed by atoms with Crippen LogP contribution in [-0.2, 0) is 26.6 Å². The molecule has 3 heterocycles. The van der Waals surface area contributed by atoms with Gasteiger partial charge in [-0.1, -0.05) is 18.5 Å². The minimum absolute atomic E-state index is 0.760. The number of rotatable bonds is 5. The van der Waals surface area contributed by atoms with Crippen LogP contribution in [0.15, 0.2) is 16.5 Å². The van der Waals surface area contributed by atoms with E-state index in [1.54, 1.807) is 4.68 Å². The normalized spacial score (nSPS) is 17.3. The van der Waals surface area contributed by atoms with Gasteiger partial charge in [-0.05, 0) is 38.6 Å². The molecule has 0 radical (unpaired) electrons. The zero-order valence-electron chi connectivity index (χ0n) is 14.9. The van der Waals surface area contributed by atoms with Crippen molar-refractivity contribution in [2.75, 3.05) is 26.2 Å². The van der Waals surface area contributed by atoms with E-state index in [4.69, 9.17) is 16.0 Å². The Kier molecular flexibility index (Phi) is 5.64. The average Bonchev–Trinajstić information content (AvgIpc) is 3.02. The molecule has 0 amide bonds. The Balaban J connectivity index is 1.56. The molecule has 24 heavy (non-hydrogen) atoms. The molecule has 1 fully saturated rings. The van der Waals surface area contributed by atoms with E-state index in [2.05, 4.69) is 34.0 Å². The first-order valence-corrected chi connectivity index (χ1v) is 9.15. The Hall–Kier alpha value is -1.30. The molecule has 0 aromatic carbocycles. The molecule has 0 saturated carbocycles. The van der Waals surface area contributed by atoms with E-state index in [0.29, 0.717) is 0 Å². The van der Waals surface area contributed by atoms with E-state index < -0.39 is 0 Å². The van der Waals surface area contributed by atoms with Gasteiger partial charge < -0.3 is 4.42 Å². The van der Waals surface area contributed by atoms with Crippen molar-refractivity contribution in [2.45, 2.75) is 39.8 Å². The Labute approximate surface area is 149 Å². The van der Waals surface area contributed by atoms with Crippen LogP contribution in [0.25, 0.3) is 0 Å². The summed E-state index contributed by atoms with van der Waals surface area (Å²) in [4.78, 5) is 4.96. The Morgan fingerprint density at radius 2 is 1.75 bits per heavy atom. The highest BCUT2D eigenvalue weighted by Crippen LogP contribution is 2.21. The zero-order chi connectivity index (χ0) is 17.1. The number of nitrogens with zero attached hydrogens (tertiary/aromatic N) is 4. The van der Waals surface area contributed by atoms with Crippen LogP contribution < -0.4 is 0 Å². The third-order valence-corrected chi connectivity index (χ3v) is 5.25. The lowest BCUT2D eigenvalue weighted by Gasteiger charge is -2.21. The second kappa shape index (κ2) is 7.72. The summed E-state index contributed by atoms with van der Waals surface area (Å²) in [5.41, 5.74) is 2.19. The van der Waals surface area contributed by atoms with Crippen LogP contribution in [0.4, 0.5) is 0 Å². The number of hydrogen-bond donors (Lipinski definition) is 0. The molecule has 2 aromatic rings. The smallest absolute Gasteiger partial charge is 0.131 e. The first kappa shape index (κ1) is 17.5. The van der Waals surface area contributed by atoms with E-state index in [9.17, 15) is 0 Å². The summed E-state index contributed by atoms with van der Waals surface area (Å²) in [6, 6.07) is 4.20. The van der Waals surface area contributed by atoms with Crippen molar-refractivity contribution in [2.24, 2.45) is 7.05 Å². The largest absolute Gasteiger partial charge is 0.465 e. The van der Waals surface area contributed by atoms with Gasteiger partial charge in [0.15, 0.2) is 0 Å². The number of furan rings is 1. The number of aryl methyl sites for hydroxylation is 3. The lowest BCUT2D eigenvalue weighted by Crippen LogP contribution is -2.30. The summed E-state index contributed by atoms with van der Waals surface area (Å²) in [6.45, 7) is 10.3. The summed E-state index contributed by atoms with van der Waals surface area (Å²) in [5, 5.41) is 5.18. The van der Waals surface area contributed by atoms with E-state index in [1.807, 2.05) is 14.0 Å². The molecule has 5 nitrogen and oxygen atoms in total. The van der Waals surface area contributed by atoms with Gasteiger partial charge in [0.2, 0.25) is 0 Å². The summed E-state index contributed by atoms with van der Waals surface area (Å²) in [6.07, 6.45) is 2.12. The quantitative estimate of drug-likeness (QED) is 0.829. The maximum Gasteiger partial charge on any atom is 0.131 e. The van der Waals surface area contributed by atoms with Crippen LogP contribution in [0.2, 0.25) is 5.15 Å².